The van der Waals surface area contributed by atoms with E-state index >= 15 is 0 Å². The molecule has 8 nitrogen and oxygen atoms in total. The van der Waals surface area contributed by atoms with Gasteiger partial charge in [0, 0.05) is 11.4 Å². The first-order valence-electron chi connectivity index (χ1n) is 7.85. The quantitative estimate of drug-likeness (QED) is 0.421. The number of amides is 1. The molecule has 0 bridgehead atoms. The highest BCUT2D eigenvalue weighted by Gasteiger charge is 2.14. The maximum Gasteiger partial charge on any atom is 0.328 e. The van der Waals surface area contributed by atoms with Crippen LogP contribution in [0.25, 0.3) is 0 Å². The van der Waals surface area contributed by atoms with Gasteiger partial charge in [-0.3, -0.25) is 4.79 Å². The number of carbonyl (C=O) groups is 2. The van der Waals surface area contributed by atoms with E-state index in [2.05, 4.69) is 10.6 Å². The van der Waals surface area contributed by atoms with Gasteiger partial charge in [-0.2, -0.15) is 0 Å². The summed E-state index contributed by atoms with van der Waals surface area (Å²) in [5, 5.41) is 31.2. The van der Waals surface area contributed by atoms with Crippen molar-refractivity contribution in [3.63, 3.8) is 0 Å². The number of aliphatic hydroxyl groups excluding tert-OH is 2. The van der Waals surface area contributed by atoms with Gasteiger partial charge in [-0.1, -0.05) is 36.4 Å². The number of hydrogen-bond acceptors (Lipinski definition) is 6. The summed E-state index contributed by atoms with van der Waals surface area (Å²) in [7, 11) is 0. The minimum Gasteiger partial charge on any atom is -0.480 e. The molecule has 0 aliphatic rings. The monoisotopic (exact) mass is 361 g/mol. The van der Waals surface area contributed by atoms with Gasteiger partial charge < -0.3 is 31.7 Å². The highest BCUT2D eigenvalue weighted by molar-refractivity contribution is 5.94. The predicted molar refractivity (Wildman–Crippen MR) is 98.7 cm³/mol. The molecule has 8 heteroatoms. The average molecular weight is 361 g/mol. The molecular formula is C18H23N3O5. The number of rotatable bonds is 7. The minimum absolute atomic E-state index is 0.349. The zero-order valence-electron chi connectivity index (χ0n) is 14.1. The van der Waals surface area contributed by atoms with E-state index in [4.69, 9.17) is 21.1 Å². The summed E-state index contributed by atoms with van der Waals surface area (Å²) >= 11 is 0. The Morgan fingerprint density at radius 3 is 1.81 bits per heavy atom. The van der Waals surface area contributed by atoms with Crippen molar-refractivity contribution in [2.75, 3.05) is 23.8 Å². The first-order valence-corrected chi connectivity index (χ1v) is 7.85. The number of benzene rings is 2. The minimum atomic E-state index is -1.06. The van der Waals surface area contributed by atoms with Crippen LogP contribution in [0.15, 0.2) is 60.7 Å². The molecule has 2 aromatic rings. The van der Waals surface area contributed by atoms with E-state index in [1.54, 1.807) is 48.5 Å². The summed E-state index contributed by atoms with van der Waals surface area (Å²) in [6, 6.07) is 16.1. The largest absolute Gasteiger partial charge is 0.480 e. The summed E-state index contributed by atoms with van der Waals surface area (Å²) in [4.78, 5) is 21.7. The topological polar surface area (TPSA) is 145 Å². The first-order chi connectivity index (χ1) is 12.5. The van der Waals surface area contributed by atoms with Gasteiger partial charge in [0.2, 0.25) is 5.91 Å². The van der Waals surface area contributed by atoms with E-state index in [1.165, 1.54) is 0 Å². The molecule has 26 heavy (non-hydrogen) atoms. The molecule has 0 unspecified atom stereocenters. The number of carboxylic acid groups (broad SMARTS) is 1. The molecule has 0 heterocycles. The van der Waals surface area contributed by atoms with Crippen molar-refractivity contribution in [2.45, 2.75) is 12.1 Å². The Balaban J connectivity index is 0.000000260. The van der Waals surface area contributed by atoms with Crippen molar-refractivity contribution in [1.82, 2.24) is 0 Å². The number of carboxylic acids is 1. The number of aliphatic carboxylic acids is 1. The van der Waals surface area contributed by atoms with Crippen molar-refractivity contribution in [3.05, 3.63) is 60.7 Å². The van der Waals surface area contributed by atoms with Crippen molar-refractivity contribution in [2.24, 2.45) is 5.73 Å². The van der Waals surface area contributed by atoms with Gasteiger partial charge in [0.25, 0.3) is 0 Å². The SMILES string of the molecule is N[C@@H](CO)C(=O)Nc1ccccc1.O=C(O)[C@H](CO)Nc1ccccc1. The van der Waals surface area contributed by atoms with E-state index in [0.29, 0.717) is 11.4 Å². The van der Waals surface area contributed by atoms with Crippen LogP contribution >= 0.6 is 0 Å². The molecule has 2 atom stereocenters. The lowest BCUT2D eigenvalue weighted by Crippen LogP contribution is -2.38. The number of aliphatic hydroxyl groups is 2. The zero-order chi connectivity index (χ0) is 19.4. The molecule has 0 spiro atoms. The van der Waals surface area contributed by atoms with E-state index < -0.39 is 24.7 Å². The lowest BCUT2D eigenvalue weighted by molar-refractivity contribution is -0.138. The second kappa shape index (κ2) is 11.6. The van der Waals surface area contributed by atoms with Crippen LogP contribution in [0.1, 0.15) is 0 Å². The highest BCUT2D eigenvalue weighted by Crippen LogP contribution is 2.07. The molecule has 2 aromatic carbocycles. The summed E-state index contributed by atoms with van der Waals surface area (Å²) in [6.45, 7) is -0.775. The van der Waals surface area contributed by atoms with Crippen LogP contribution in [0.4, 0.5) is 11.4 Å². The van der Waals surface area contributed by atoms with E-state index in [0.717, 1.165) is 0 Å². The molecule has 140 valence electrons. The second-order valence-corrected chi connectivity index (χ2v) is 5.23. The number of carbonyl (C=O) groups excluding carboxylic acids is 1. The Kier molecular flexibility index (Phi) is 9.40. The lowest BCUT2D eigenvalue weighted by atomic mass is 10.2. The van der Waals surface area contributed by atoms with Crippen molar-refractivity contribution in [3.8, 4) is 0 Å². The zero-order valence-corrected chi connectivity index (χ0v) is 14.1. The first kappa shape index (κ1) is 21.1. The third-order valence-electron chi connectivity index (χ3n) is 3.17. The fourth-order valence-corrected chi connectivity index (χ4v) is 1.76. The molecule has 0 saturated carbocycles. The molecule has 0 aromatic heterocycles. The van der Waals surface area contributed by atoms with Crippen molar-refractivity contribution >= 4 is 23.3 Å². The van der Waals surface area contributed by atoms with Crippen molar-refractivity contribution < 1.29 is 24.9 Å². The van der Waals surface area contributed by atoms with Gasteiger partial charge in [-0.15, -0.1) is 0 Å². The predicted octanol–water partition coefficient (Wildman–Crippen LogP) is 0.489. The molecule has 1 amide bonds. The van der Waals surface area contributed by atoms with Crippen LogP contribution in [-0.2, 0) is 9.59 Å². The molecule has 7 N–H and O–H groups in total. The summed E-state index contributed by atoms with van der Waals surface area (Å²) in [6.07, 6.45) is 0. The van der Waals surface area contributed by atoms with Gasteiger partial charge in [0.1, 0.15) is 12.1 Å². The summed E-state index contributed by atoms with van der Waals surface area (Å²) in [5.74, 6) is -1.44. The highest BCUT2D eigenvalue weighted by atomic mass is 16.4. The Hall–Kier alpha value is -2.94. The Morgan fingerprint density at radius 2 is 1.38 bits per heavy atom. The van der Waals surface area contributed by atoms with Crippen LogP contribution < -0.4 is 16.4 Å². The Labute approximate surface area is 151 Å². The maximum absolute atomic E-state index is 11.1. The van der Waals surface area contributed by atoms with Crippen LogP contribution in [0.2, 0.25) is 0 Å². The maximum atomic E-state index is 11.1. The van der Waals surface area contributed by atoms with Crippen LogP contribution in [0.3, 0.4) is 0 Å². The summed E-state index contributed by atoms with van der Waals surface area (Å²) in [5.41, 5.74) is 6.66. The fraction of sp³-hybridized carbons (Fsp3) is 0.222. The van der Waals surface area contributed by atoms with E-state index in [1.807, 2.05) is 12.1 Å². The second-order valence-electron chi connectivity index (χ2n) is 5.23. The molecule has 0 aliphatic carbocycles. The third-order valence-corrected chi connectivity index (χ3v) is 3.17. The molecule has 0 aliphatic heterocycles. The van der Waals surface area contributed by atoms with E-state index in [-0.39, 0.29) is 12.5 Å². The van der Waals surface area contributed by atoms with Crippen LogP contribution in [0.5, 0.6) is 0 Å². The van der Waals surface area contributed by atoms with Gasteiger partial charge in [0.05, 0.1) is 13.2 Å². The molecule has 0 radical (unpaired) electrons. The number of para-hydroxylation sites is 2. The third kappa shape index (κ3) is 7.75. The fourth-order valence-electron chi connectivity index (χ4n) is 1.76. The molecule has 2 rings (SSSR count). The Morgan fingerprint density at radius 1 is 0.885 bits per heavy atom. The summed E-state index contributed by atoms with van der Waals surface area (Å²) < 4.78 is 0. The van der Waals surface area contributed by atoms with E-state index in [9.17, 15) is 9.59 Å². The van der Waals surface area contributed by atoms with Crippen LogP contribution in [0, 0.1) is 0 Å². The molecule has 0 fully saturated rings. The molecule has 0 saturated heterocycles. The molecular weight excluding hydrogens is 338 g/mol. The number of nitrogens with two attached hydrogens (primary N) is 1. The normalized spacial score (nSPS) is 12.1. The number of anilines is 2. The van der Waals surface area contributed by atoms with Gasteiger partial charge >= 0.3 is 5.97 Å². The van der Waals surface area contributed by atoms with Gasteiger partial charge in [-0.05, 0) is 24.3 Å². The Bertz CT molecular complexity index is 667. The van der Waals surface area contributed by atoms with Gasteiger partial charge in [-0.25, -0.2) is 4.79 Å². The van der Waals surface area contributed by atoms with Crippen LogP contribution in [-0.4, -0.2) is 52.5 Å². The number of nitrogens with one attached hydrogen (secondary N) is 2. The lowest BCUT2D eigenvalue weighted by Gasteiger charge is -2.12. The standard InChI is InChI=1S/C9H12N2O2.C9H11NO3/c10-8(6-12)9(13)11-7-4-2-1-3-5-7;11-6-8(9(12)13)10-7-4-2-1-3-5-7/h1-5,8,12H,6,10H2,(H,11,13);1-5,8,10-11H,6H2,(H,12,13)/t2*8-/m00/s1. The van der Waals surface area contributed by atoms with Crippen molar-refractivity contribution in [1.29, 1.82) is 0 Å². The van der Waals surface area contributed by atoms with Gasteiger partial charge in [0.15, 0.2) is 0 Å². The number of hydrogen-bond donors (Lipinski definition) is 6. The average Bonchev–Trinajstić information content (AvgIpc) is 2.67. The smallest absolute Gasteiger partial charge is 0.328 e.